The maximum atomic E-state index is 11.3. The van der Waals surface area contributed by atoms with Gasteiger partial charge in [-0.2, -0.15) is 0 Å². The van der Waals surface area contributed by atoms with E-state index < -0.39 is 5.97 Å². The zero-order valence-electron chi connectivity index (χ0n) is 12.6. The summed E-state index contributed by atoms with van der Waals surface area (Å²) in [6, 6.07) is 15.0. The number of benzene rings is 2. The molecule has 0 aliphatic carbocycles. The standard InChI is InChI=1S/C18H20O3/c1-18(2,3)14-9-10-15(17(19)20)16(11-14)21-12-13-7-5-4-6-8-13/h4-11H,12H2,1-3H3,(H,19,20). The molecule has 0 aromatic heterocycles. The van der Waals surface area contributed by atoms with E-state index in [9.17, 15) is 9.90 Å². The molecule has 3 nitrogen and oxygen atoms in total. The molecule has 0 aliphatic heterocycles. The van der Waals surface area contributed by atoms with E-state index in [4.69, 9.17) is 4.74 Å². The minimum absolute atomic E-state index is 0.0537. The molecule has 0 amide bonds. The van der Waals surface area contributed by atoms with Crippen LogP contribution in [0.25, 0.3) is 0 Å². The molecule has 0 atom stereocenters. The lowest BCUT2D eigenvalue weighted by atomic mass is 9.86. The van der Waals surface area contributed by atoms with E-state index in [1.165, 1.54) is 0 Å². The van der Waals surface area contributed by atoms with Crippen LogP contribution in [0.4, 0.5) is 0 Å². The summed E-state index contributed by atoms with van der Waals surface area (Å²) >= 11 is 0. The topological polar surface area (TPSA) is 46.5 Å². The van der Waals surface area contributed by atoms with Crippen LogP contribution in [0, 0.1) is 0 Å². The average Bonchev–Trinajstić information content (AvgIpc) is 2.45. The SMILES string of the molecule is CC(C)(C)c1ccc(C(=O)O)c(OCc2ccccc2)c1. The minimum Gasteiger partial charge on any atom is -0.488 e. The van der Waals surface area contributed by atoms with Crippen molar-refractivity contribution in [3.63, 3.8) is 0 Å². The molecular weight excluding hydrogens is 264 g/mol. The van der Waals surface area contributed by atoms with Gasteiger partial charge in [-0.1, -0.05) is 57.2 Å². The van der Waals surface area contributed by atoms with Gasteiger partial charge in [-0.25, -0.2) is 4.79 Å². The second-order valence-electron chi connectivity index (χ2n) is 6.04. The highest BCUT2D eigenvalue weighted by Gasteiger charge is 2.18. The van der Waals surface area contributed by atoms with E-state index in [2.05, 4.69) is 20.8 Å². The Kier molecular flexibility index (Phi) is 4.32. The third-order valence-corrected chi connectivity index (χ3v) is 3.32. The Balaban J connectivity index is 2.29. The molecule has 0 bridgehead atoms. The summed E-state index contributed by atoms with van der Waals surface area (Å²) in [4.78, 5) is 11.3. The summed E-state index contributed by atoms with van der Waals surface area (Å²) in [5.74, 6) is -0.558. The molecule has 0 fully saturated rings. The van der Waals surface area contributed by atoms with Gasteiger partial charge in [-0.15, -0.1) is 0 Å². The molecule has 2 aromatic rings. The van der Waals surface area contributed by atoms with E-state index in [-0.39, 0.29) is 11.0 Å². The Morgan fingerprint density at radius 1 is 1.10 bits per heavy atom. The summed E-state index contributed by atoms with van der Waals surface area (Å²) in [6.45, 7) is 6.62. The Morgan fingerprint density at radius 2 is 1.76 bits per heavy atom. The Hall–Kier alpha value is -2.29. The van der Waals surface area contributed by atoms with Gasteiger partial charge in [-0.05, 0) is 28.7 Å². The summed E-state index contributed by atoms with van der Waals surface area (Å²) in [7, 11) is 0. The fourth-order valence-corrected chi connectivity index (χ4v) is 2.02. The Morgan fingerprint density at radius 3 is 2.33 bits per heavy atom. The van der Waals surface area contributed by atoms with Crippen molar-refractivity contribution < 1.29 is 14.6 Å². The van der Waals surface area contributed by atoms with Crippen molar-refractivity contribution in [2.45, 2.75) is 32.8 Å². The number of ether oxygens (including phenoxy) is 1. The molecule has 21 heavy (non-hydrogen) atoms. The predicted octanol–water partition coefficient (Wildman–Crippen LogP) is 4.26. The summed E-state index contributed by atoms with van der Waals surface area (Å²) in [5.41, 5.74) is 2.20. The number of carboxylic acid groups (broad SMARTS) is 1. The lowest BCUT2D eigenvalue weighted by Gasteiger charge is -2.20. The quantitative estimate of drug-likeness (QED) is 0.912. The van der Waals surface area contributed by atoms with Crippen molar-refractivity contribution in [2.75, 3.05) is 0 Å². The van der Waals surface area contributed by atoms with Crippen molar-refractivity contribution >= 4 is 5.97 Å². The molecule has 0 saturated carbocycles. The van der Waals surface area contributed by atoms with E-state index >= 15 is 0 Å². The second kappa shape index (κ2) is 6.00. The van der Waals surface area contributed by atoms with Crippen molar-refractivity contribution in [3.05, 3.63) is 65.2 Å². The number of hydrogen-bond acceptors (Lipinski definition) is 2. The van der Waals surface area contributed by atoms with Crippen LogP contribution >= 0.6 is 0 Å². The van der Waals surface area contributed by atoms with E-state index in [1.54, 1.807) is 6.07 Å². The molecule has 0 heterocycles. The second-order valence-corrected chi connectivity index (χ2v) is 6.04. The zero-order chi connectivity index (χ0) is 15.5. The van der Waals surface area contributed by atoms with Gasteiger partial charge in [0, 0.05) is 0 Å². The van der Waals surface area contributed by atoms with Gasteiger partial charge >= 0.3 is 5.97 Å². The third kappa shape index (κ3) is 3.85. The maximum Gasteiger partial charge on any atom is 0.339 e. The molecule has 0 spiro atoms. The number of carboxylic acids is 1. The molecule has 3 heteroatoms. The molecule has 0 unspecified atom stereocenters. The fraction of sp³-hybridized carbons (Fsp3) is 0.278. The van der Waals surface area contributed by atoms with Gasteiger partial charge in [0.1, 0.15) is 17.9 Å². The van der Waals surface area contributed by atoms with Crippen LogP contribution in [-0.2, 0) is 12.0 Å². The first-order valence-corrected chi connectivity index (χ1v) is 6.92. The minimum atomic E-state index is -0.974. The van der Waals surface area contributed by atoms with Crippen molar-refractivity contribution in [3.8, 4) is 5.75 Å². The third-order valence-electron chi connectivity index (χ3n) is 3.32. The number of rotatable bonds is 4. The van der Waals surface area contributed by atoms with Gasteiger partial charge in [0.25, 0.3) is 0 Å². The average molecular weight is 284 g/mol. The molecule has 2 rings (SSSR count). The van der Waals surface area contributed by atoms with Crippen LogP contribution in [0.15, 0.2) is 48.5 Å². The van der Waals surface area contributed by atoms with Crippen LogP contribution < -0.4 is 4.74 Å². The molecule has 0 saturated heterocycles. The largest absolute Gasteiger partial charge is 0.488 e. The summed E-state index contributed by atoms with van der Waals surface area (Å²) in [5, 5.41) is 9.28. The van der Waals surface area contributed by atoms with E-state index in [1.807, 2.05) is 42.5 Å². The highest BCUT2D eigenvalue weighted by atomic mass is 16.5. The first-order valence-electron chi connectivity index (χ1n) is 6.92. The van der Waals surface area contributed by atoms with Crippen LogP contribution in [0.5, 0.6) is 5.75 Å². The fourth-order valence-electron chi connectivity index (χ4n) is 2.02. The maximum absolute atomic E-state index is 11.3. The van der Waals surface area contributed by atoms with Crippen LogP contribution in [0.3, 0.4) is 0 Å². The van der Waals surface area contributed by atoms with E-state index in [0.29, 0.717) is 12.4 Å². The predicted molar refractivity (Wildman–Crippen MR) is 82.9 cm³/mol. The smallest absolute Gasteiger partial charge is 0.339 e. The Labute approximate surface area is 125 Å². The summed E-state index contributed by atoms with van der Waals surface area (Å²) in [6.07, 6.45) is 0. The van der Waals surface area contributed by atoms with Crippen LogP contribution in [-0.4, -0.2) is 11.1 Å². The van der Waals surface area contributed by atoms with Crippen molar-refractivity contribution in [2.24, 2.45) is 0 Å². The molecular formula is C18H20O3. The molecule has 110 valence electrons. The number of aromatic carboxylic acids is 1. The van der Waals surface area contributed by atoms with Gasteiger partial charge in [0.2, 0.25) is 0 Å². The number of hydrogen-bond donors (Lipinski definition) is 1. The van der Waals surface area contributed by atoms with Gasteiger partial charge in [-0.3, -0.25) is 0 Å². The lowest BCUT2D eigenvalue weighted by molar-refractivity contribution is 0.0691. The van der Waals surface area contributed by atoms with Gasteiger partial charge in [0.05, 0.1) is 0 Å². The first kappa shape index (κ1) is 15.1. The van der Waals surface area contributed by atoms with Gasteiger partial charge < -0.3 is 9.84 Å². The van der Waals surface area contributed by atoms with Gasteiger partial charge in [0.15, 0.2) is 0 Å². The van der Waals surface area contributed by atoms with E-state index in [0.717, 1.165) is 11.1 Å². The normalized spacial score (nSPS) is 11.2. The highest BCUT2D eigenvalue weighted by Crippen LogP contribution is 2.29. The van der Waals surface area contributed by atoms with Crippen LogP contribution in [0.1, 0.15) is 42.3 Å². The molecule has 2 aromatic carbocycles. The molecule has 0 radical (unpaired) electrons. The zero-order valence-corrected chi connectivity index (χ0v) is 12.6. The lowest BCUT2D eigenvalue weighted by Crippen LogP contribution is -2.13. The molecule has 0 aliphatic rings. The first-order chi connectivity index (χ1) is 9.88. The summed E-state index contributed by atoms with van der Waals surface area (Å²) < 4.78 is 5.74. The van der Waals surface area contributed by atoms with Crippen molar-refractivity contribution in [1.29, 1.82) is 0 Å². The number of carbonyl (C=O) groups is 1. The van der Waals surface area contributed by atoms with Crippen molar-refractivity contribution in [1.82, 2.24) is 0 Å². The molecule has 1 N–H and O–H groups in total. The van der Waals surface area contributed by atoms with Crippen LogP contribution in [0.2, 0.25) is 0 Å². The monoisotopic (exact) mass is 284 g/mol. The highest BCUT2D eigenvalue weighted by molar-refractivity contribution is 5.91. The Bertz CT molecular complexity index is 625.